The number of benzene rings is 1. The maximum absolute atomic E-state index is 5.83. The van der Waals surface area contributed by atoms with Crippen LogP contribution in [0.15, 0.2) is 24.3 Å². The third kappa shape index (κ3) is 3.24. The van der Waals surface area contributed by atoms with Gasteiger partial charge in [0.05, 0.1) is 6.10 Å². The third-order valence-corrected chi connectivity index (χ3v) is 2.27. The van der Waals surface area contributed by atoms with Crippen LogP contribution in [0.4, 0.5) is 0 Å². The number of nitrogens with two attached hydrogens (primary N) is 1. The lowest BCUT2D eigenvalue weighted by molar-refractivity contribution is 0.242. The molecule has 1 atom stereocenters. The van der Waals surface area contributed by atoms with E-state index in [9.17, 15) is 0 Å². The lowest BCUT2D eigenvalue weighted by Crippen LogP contribution is -2.11. The molecule has 78 valence electrons. The fraction of sp³-hybridized carbons (Fsp3) is 0.455. The van der Waals surface area contributed by atoms with Gasteiger partial charge in [-0.2, -0.15) is 12.6 Å². The van der Waals surface area contributed by atoms with E-state index in [4.69, 9.17) is 10.5 Å². The van der Waals surface area contributed by atoms with E-state index in [0.29, 0.717) is 5.75 Å². The minimum absolute atomic E-state index is 0.00596. The van der Waals surface area contributed by atoms with Gasteiger partial charge in [0.25, 0.3) is 0 Å². The van der Waals surface area contributed by atoms with E-state index in [1.54, 1.807) is 0 Å². The molecule has 0 aliphatic carbocycles. The summed E-state index contributed by atoms with van der Waals surface area (Å²) >= 11 is 4.15. The van der Waals surface area contributed by atoms with Crippen molar-refractivity contribution in [1.29, 1.82) is 0 Å². The first-order valence-corrected chi connectivity index (χ1v) is 5.39. The van der Waals surface area contributed by atoms with Crippen molar-refractivity contribution in [1.82, 2.24) is 0 Å². The highest BCUT2D eigenvalue weighted by Gasteiger charge is 2.03. The Balaban J connectivity index is 2.68. The van der Waals surface area contributed by atoms with Gasteiger partial charge in [0, 0.05) is 11.8 Å². The average molecular weight is 211 g/mol. The SMILES string of the molecule is CC(C)Oc1ccc(C(N)CS)cc1. The van der Waals surface area contributed by atoms with E-state index in [2.05, 4.69) is 12.6 Å². The fourth-order valence-corrected chi connectivity index (χ4v) is 1.38. The highest BCUT2D eigenvalue weighted by molar-refractivity contribution is 7.80. The number of hydrogen-bond acceptors (Lipinski definition) is 3. The first-order chi connectivity index (χ1) is 6.63. The van der Waals surface area contributed by atoms with Gasteiger partial charge in [0.2, 0.25) is 0 Å². The van der Waals surface area contributed by atoms with Crippen LogP contribution in [-0.4, -0.2) is 11.9 Å². The summed E-state index contributed by atoms with van der Waals surface area (Å²) in [6.45, 7) is 4.01. The van der Waals surface area contributed by atoms with Crippen LogP contribution in [0.2, 0.25) is 0 Å². The van der Waals surface area contributed by atoms with Crippen molar-refractivity contribution in [3.63, 3.8) is 0 Å². The molecule has 1 aromatic rings. The summed E-state index contributed by atoms with van der Waals surface area (Å²) in [4.78, 5) is 0. The number of rotatable bonds is 4. The van der Waals surface area contributed by atoms with Crippen LogP contribution in [0.1, 0.15) is 25.5 Å². The summed E-state index contributed by atoms with van der Waals surface area (Å²) in [7, 11) is 0. The van der Waals surface area contributed by atoms with Gasteiger partial charge in [-0.15, -0.1) is 0 Å². The number of ether oxygens (including phenoxy) is 1. The Morgan fingerprint density at radius 2 is 1.86 bits per heavy atom. The Hall–Kier alpha value is -0.670. The molecule has 0 saturated carbocycles. The Labute approximate surface area is 90.9 Å². The standard InChI is InChI=1S/C11H17NOS/c1-8(2)13-10-5-3-9(4-6-10)11(12)7-14/h3-6,8,11,14H,7,12H2,1-2H3. The maximum Gasteiger partial charge on any atom is 0.119 e. The van der Waals surface area contributed by atoms with Crippen molar-refractivity contribution in [3.05, 3.63) is 29.8 Å². The maximum atomic E-state index is 5.83. The molecule has 0 spiro atoms. The van der Waals surface area contributed by atoms with Gasteiger partial charge in [-0.05, 0) is 31.5 Å². The molecule has 0 heterocycles. The lowest BCUT2D eigenvalue weighted by atomic mass is 10.1. The van der Waals surface area contributed by atoms with Gasteiger partial charge >= 0.3 is 0 Å². The minimum Gasteiger partial charge on any atom is -0.491 e. The second-order valence-corrected chi connectivity index (χ2v) is 3.89. The van der Waals surface area contributed by atoms with Gasteiger partial charge in [0.15, 0.2) is 0 Å². The summed E-state index contributed by atoms with van der Waals surface area (Å²) < 4.78 is 5.52. The lowest BCUT2D eigenvalue weighted by Gasteiger charge is -2.12. The third-order valence-electron chi connectivity index (χ3n) is 1.88. The van der Waals surface area contributed by atoms with Gasteiger partial charge < -0.3 is 10.5 Å². The highest BCUT2D eigenvalue weighted by atomic mass is 32.1. The quantitative estimate of drug-likeness (QED) is 0.750. The van der Waals surface area contributed by atoms with Crippen LogP contribution >= 0.6 is 12.6 Å². The predicted octanol–water partition coefficient (Wildman–Crippen LogP) is 2.40. The second-order valence-electron chi connectivity index (χ2n) is 3.52. The number of thiol groups is 1. The minimum atomic E-state index is 0.00596. The first-order valence-electron chi connectivity index (χ1n) is 4.76. The zero-order chi connectivity index (χ0) is 10.6. The smallest absolute Gasteiger partial charge is 0.119 e. The Bertz CT molecular complexity index is 271. The van der Waals surface area contributed by atoms with Crippen molar-refractivity contribution in [2.45, 2.75) is 26.0 Å². The van der Waals surface area contributed by atoms with Crippen LogP contribution in [-0.2, 0) is 0 Å². The Morgan fingerprint density at radius 3 is 2.29 bits per heavy atom. The number of hydrogen-bond donors (Lipinski definition) is 2. The molecule has 1 aromatic carbocycles. The van der Waals surface area contributed by atoms with Gasteiger partial charge in [-0.25, -0.2) is 0 Å². The Morgan fingerprint density at radius 1 is 1.29 bits per heavy atom. The van der Waals surface area contributed by atoms with Gasteiger partial charge in [0.1, 0.15) is 5.75 Å². The van der Waals surface area contributed by atoms with E-state index in [1.807, 2.05) is 38.1 Å². The van der Waals surface area contributed by atoms with Gasteiger partial charge in [-0.3, -0.25) is 0 Å². The van der Waals surface area contributed by atoms with Crippen molar-refractivity contribution in [2.24, 2.45) is 5.73 Å². The van der Waals surface area contributed by atoms with E-state index in [0.717, 1.165) is 11.3 Å². The molecule has 0 aliphatic rings. The molecule has 0 saturated heterocycles. The second kappa shape index (κ2) is 5.27. The predicted molar refractivity (Wildman–Crippen MR) is 63.0 cm³/mol. The molecule has 0 fully saturated rings. The molecule has 14 heavy (non-hydrogen) atoms. The van der Waals surface area contributed by atoms with Gasteiger partial charge in [-0.1, -0.05) is 12.1 Å². The molecule has 0 aromatic heterocycles. The van der Waals surface area contributed by atoms with E-state index in [1.165, 1.54) is 0 Å². The molecule has 0 amide bonds. The normalized spacial score (nSPS) is 12.9. The topological polar surface area (TPSA) is 35.2 Å². The molecule has 2 N–H and O–H groups in total. The monoisotopic (exact) mass is 211 g/mol. The first kappa shape index (κ1) is 11.4. The highest BCUT2D eigenvalue weighted by Crippen LogP contribution is 2.17. The summed E-state index contributed by atoms with van der Waals surface area (Å²) in [6.07, 6.45) is 0.208. The molecular weight excluding hydrogens is 194 g/mol. The molecule has 0 bridgehead atoms. The average Bonchev–Trinajstić information content (AvgIpc) is 2.17. The summed E-state index contributed by atoms with van der Waals surface area (Å²) in [6, 6.07) is 7.86. The van der Waals surface area contributed by atoms with Crippen molar-refractivity contribution in [3.8, 4) is 5.75 Å². The molecular formula is C11H17NOS. The fourth-order valence-electron chi connectivity index (χ4n) is 1.17. The zero-order valence-corrected chi connectivity index (χ0v) is 9.50. The largest absolute Gasteiger partial charge is 0.491 e. The Kier molecular flexibility index (Phi) is 4.29. The summed E-state index contributed by atoms with van der Waals surface area (Å²) in [5, 5.41) is 0. The van der Waals surface area contributed by atoms with Crippen LogP contribution in [0.25, 0.3) is 0 Å². The van der Waals surface area contributed by atoms with E-state index < -0.39 is 0 Å². The summed E-state index contributed by atoms with van der Waals surface area (Å²) in [5.74, 6) is 1.54. The van der Waals surface area contributed by atoms with Crippen LogP contribution < -0.4 is 10.5 Å². The van der Waals surface area contributed by atoms with Crippen LogP contribution in [0, 0.1) is 0 Å². The van der Waals surface area contributed by atoms with Crippen LogP contribution in [0.5, 0.6) is 5.75 Å². The van der Waals surface area contributed by atoms with E-state index >= 15 is 0 Å². The molecule has 2 nitrogen and oxygen atoms in total. The zero-order valence-electron chi connectivity index (χ0n) is 8.60. The molecule has 0 radical (unpaired) electrons. The van der Waals surface area contributed by atoms with Crippen molar-refractivity contribution < 1.29 is 4.74 Å². The molecule has 1 rings (SSSR count). The van der Waals surface area contributed by atoms with E-state index in [-0.39, 0.29) is 12.1 Å². The molecule has 3 heteroatoms. The van der Waals surface area contributed by atoms with Crippen molar-refractivity contribution in [2.75, 3.05) is 5.75 Å². The molecule has 0 aliphatic heterocycles. The molecule has 1 unspecified atom stereocenters. The van der Waals surface area contributed by atoms with Crippen LogP contribution in [0.3, 0.4) is 0 Å². The van der Waals surface area contributed by atoms with Crippen molar-refractivity contribution >= 4 is 12.6 Å². The summed E-state index contributed by atoms with van der Waals surface area (Å²) in [5.41, 5.74) is 6.92.